The van der Waals surface area contributed by atoms with Gasteiger partial charge in [0.15, 0.2) is 11.6 Å². The van der Waals surface area contributed by atoms with E-state index in [0.29, 0.717) is 0 Å². The molecule has 3 aliphatic rings. The zero-order valence-electron chi connectivity index (χ0n) is 9.51. The Labute approximate surface area is 106 Å². The molecule has 5 nitrogen and oxygen atoms in total. The lowest BCUT2D eigenvalue weighted by Gasteiger charge is -2.23. The van der Waals surface area contributed by atoms with Crippen LogP contribution < -0.4 is 0 Å². The lowest BCUT2D eigenvalue weighted by atomic mass is 9.68. The summed E-state index contributed by atoms with van der Waals surface area (Å²) in [4.78, 5) is 48.8. The minimum atomic E-state index is -1.94. The number of rotatable bonds is 0. The molecule has 4 rings (SSSR count). The zero-order valence-corrected chi connectivity index (χ0v) is 9.51. The van der Waals surface area contributed by atoms with Crippen LogP contribution in [-0.4, -0.2) is 34.3 Å². The Morgan fingerprint density at radius 3 is 1.58 bits per heavy atom. The van der Waals surface area contributed by atoms with E-state index >= 15 is 0 Å². The SMILES string of the molecule is O=C1C=CC(=O)C23OC12C(=O)c1ccccc1C3=O. The lowest BCUT2D eigenvalue weighted by molar-refractivity contribution is -0.121. The van der Waals surface area contributed by atoms with Crippen molar-refractivity contribution in [3.05, 3.63) is 47.5 Å². The Hall–Kier alpha value is -2.40. The average molecular weight is 254 g/mol. The molecule has 0 amide bonds. The summed E-state index contributed by atoms with van der Waals surface area (Å²) in [6, 6.07) is 6.12. The molecule has 1 aromatic carbocycles. The van der Waals surface area contributed by atoms with Crippen molar-refractivity contribution in [1.82, 2.24) is 0 Å². The average Bonchev–Trinajstić information content (AvgIpc) is 3.15. The molecule has 0 spiro atoms. The third kappa shape index (κ3) is 0.840. The van der Waals surface area contributed by atoms with Crippen LogP contribution in [0.2, 0.25) is 0 Å². The Bertz CT molecular complexity index is 683. The van der Waals surface area contributed by atoms with Crippen LogP contribution in [0.25, 0.3) is 0 Å². The topological polar surface area (TPSA) is 80.8 Å². The summed E-state index contributed by atoms with van der Waals surface area (Å²) in [6.07, 6.45) is 2.01. The quantitative estimate of drug-likeness (QED) is 0.490. The number of Topliss-reactive ketones (excluding diaryl/α,β-unsaturated/α-hetero) is 2. The fourth-order valence-corrected chi connectivity index (χ4v) is 2.93. The third-order valence-corrected chi connectivity index (χ3v) is 3.90. The van der Waals surface area contributed by atoms with Gasteiger partial charge in [0, 0.05) is 11.1 Å². The number of hydrogen-bond donors (Lipinski definition) is 0. The van der Waals surface area contributed by atoms with Gasteiger partial charge in [-0.2, -0.15) is 0 Å². The first-order valence-electron chi connectivity index (χ1n) is 5.71. The predicted octanol–water partition coefficient (Wildman–Crippen LogP) is 0.281. The minimum absolute atomic E-state index is 0.136. The Balaban J connectivity index is 2.08. The Kier molecular flexibility index (Phi) is 1.54. The summed E-state index contributed by atoms with van der Waals surface area (Å²) in [5.41, 5.74) is -3.61. The van der Waals surface area contributed by atoms with Crippen LogP contribution in [0.15, 0.2) is 36.4 Å². The normalized spacial score (nSPS) is 34.7. The Morgan fingerprint density at radius 2 is 1.16 bits per heavy atom. The van der Waals surface area contributed by atoms with E-state index < -0.39 is 34.3 Å². The Morgan fingerprint density at radius 1 is 0.737 bits per heavy atom. The van der Waals surface area contributed by atoms with Gasteiger partial charge in [0.1, 0.15) is 0 Å². The van der Waals surface area contributed by atoms with Crippen LogP contribution in [0.4, 0.5) is 0 Å². The van der Waals surface area contributed by atoms with Crippen molar-refractivity contribution < 1.29 is 23.9 Å². The highest BCUT2D eigenvalue weighted by molar-refractivity contribution is 6.45. The van der Waals surface area contributed by atoms with Gasteiger partial charge in [-0.25, -0.2) is 0 Å². The first kappa shape index (κ1) is 10.5. The number of fused-ring (bicyclic) bond motifs is 1. The van der Waals surface area contributed by atoms with Gasteiger partial charge >= 0.3 is 0 Å². The molecule has 0 N–H and O–H groups in total. The van der Waals surface area contributed by atoms with Gasteiger partial charge in [0.25, 0.3) is 0 Å². The van der Waals surface area contributed by atoms with E-state index in [9.17, 15) is 19.2 Å². The molecule has 0 radical (unpaired) electrons. The maximum absolute atomic E-state index is 12.4. The molecule has 0 saturated carbocycles. The van der Waals surface area contributed by atoms with Gasteiger partial charge in [-0.1, -0.05) is 24.3 Å². The number of carbonyl (C=O) groups excluding carboxylic acids is 4. The number of epoxide rings is 1. The summed E-state index contributed by atoms with van der Waals surface area (Å²) in [5.74, 6) is -2.49. The van der Waals surface area contributed by atoms with E-state index in [4.69, 9.17) is 4.74 Å². The van der Waals surface area contributed by atoms with Gasteiger partial charge < -0.3 is 4.74 Å². The number of ether oxygens (including phenoxy) is 1. The second kappa shape index (κ2) is 2.78. The van der Waals surface area contributed by atoms with Crippen LogP contribution in [-0.2, 0) is 14.3 Å². The number of benzene rings is 1. The highest BCUT2D eigenvalue weighted by Gasteiger charge is 2.88. The standard InChI is InChI=1S/C14H6O5/c15-9-5-6-10(16)14-12(18)8-4-2-1-3-7(8)11(17)13(9,14)19-14/h1-6H. The van der Waals surface area contributed by atoms with Crippen LogP contribution in [0, 0.1) is 0 Å². The highest BCUT2D eigenvalue weighted by Crippen LogP contribution is 2.58. The molecule has 1 heterocycles. The number of ketones is 4. The van der Waals surface area contributed by atoms with E-state index in [1.54, 1.807) is 12.1 Å². The van der Waals surface area contributed by atoms with Gasteiger partial charge in [0.2, 0.25) is 22.8 Å². The van der Waals surface area contributed by atoms with Gasteiger partial charge in [0.05, 0.1) is 0 Å². The maximum atomic E-state index is 12.4. The molecule has 0 bridgehead atoms. The van der Waals surface area contributed by atoms with Crippen molar-refractivity contribution in [2.75, 3.05) is 0 Å². The van der Waals surface area contributed by atoms with Gasteiger partial charge in [-0.15, -0.1) is 0 Å². The van der Waals surface area contributed by atoms with E-state index in [0.717, 1.165) is 12.2 Å². The largest absolute Gasteiger partial charge is 0.328 e. The van der Waals surface area contributed by atoms with Gasteiger partial charge in [-0.3, -0.25) is 19.2 Å². The van der Waals surface area contributed by atoms with Crippen LogP contribution >= 0.6 is 0 Å². The molecule has 1 aliphatic heterocycles. The van der Waals surface area contributed by atoms with Crippen LogP contribution in [0.3, 0.4) is 0 Å². The summed E-state index contributed by atoms with van der Waals surface area (Å²) in [5, 5.41) is 0. The monoisotopic (exact) mass is 254 g/mol. The fraction of sp³-hybridized carbons (Fsp3) is 0.143. The second-order valence-electron chi connectivity index (χ2n) is 4.73. The fourth-order valence-electron chi connectivity index (χ4n) is 2.93. The summed E-state index contributed by atoms with van der Waals surface area (Å²) in [6.45, 7) is 0. The molecule has 1 fully saturated rings. The van der Waals surface area contributed by atoms with E-state index in [-0.39, 0.29) is 11.1 Å². The molecule has 1 saturated heterocycles. The van der Waals surface area contributed by atoms with E-state index in [1.165, 1.54) is 12.1 Å². The van der Waals surface area contributed by atoms with Crippen molar-refractivity contribution in [2.45, 2.75) is 11.2 Å². The van der Waals surface area contributed by atoms with Crippen molar-refractivity contribution in [2.24, 2.45) is 0 Å². The molecule has 5 heteroatoms. The molecule has 92 valence electrons. The summed E-state index contributed by atoms with van der Waals surface area (Å²) >= 11 is 0. The van der Waals surface area contributed by atoms with Crippen molar-refractivity contribution in [1.29, 1.82) is 0 Å². The smallest absolute Gasteiger partial charge is 0.238 e. The van der Waals surface area contributed by atoms with Crippen LogP contribution in [0.5, 0.6) is 0 Å². The number of hydrogen-bond acceptors (Lipinski definition) is 5. The highest BCUT2D eigenvalue weighted by atomic mass is 16.7. The van der Waals surface area contributed by atoms with Gasteiger partial charge in [-0.05, 0) is 12.2 Å². The molecular weight excluding hydrogens is 248 g/mol. The third-order valence-electron chi connectivity index (χ3n) is 3.90. The lowest BCUT2D eigenvalue weighted by Crippen LogP contribution is -2.54. The molecule has 2 atom stereocenters. The van der Waals surface area contributed by atoms with Crippen LogP contribution in [0.1, 0.15) is 20.7 Å². The molecule has 2 aliphatic carbocycles. The first-order valence-corrected chi connectivity index (χ1v) is 5.71. The maximum Gasteiger partial charge on any atom is 0.238 e. The molecule has 2 unspecified atom stereocenters. The molecule has 0 aromatic heterocycles. The summed E-state index contributed by atoms with van der Waals surface area (Å²) in [7, 11) is 0. The van der Waals surface area contributed by atoms with Crippen molar-refractivity contribution in [3.8, 4) is 0 Å². The molecule has 19 heavy (non-hydrogen) atoms. The van der Waals surface area contributed by atoms with E-state index in [2.05, 4.69) is 0 Å². The molecule has 1 aromatic rings. The van der Waals surface area contributed by atoms with Crippen molar-refractivity contribution in [3.63, 3.8) is 0 Å². The number of carbonyl (C=O) groups is 4. The van der Waals surface area contributed by atoms with Crippen molar-refractivity contribution >= 4 is 23.1 Å². The second-order valence-corrected chi connectivity index (χ2v) is 4.73. The van der Waals surface area contributed by atoms with E-state index in [1.807, 2.05) is 0 Å². The predicted molar refractivity (Wildman–Crippen MR) is 60.8 cm³/mol. The summed E-state index contributed by atoms with van der Waals surface area (Å²) < 4.78 is 5.18. The zero-order chi connectivity index (χ0) is 13.4. The minimum Gasteiger partial charge on any atom is -0.328 e. The first-order chi connectivity index (χ1) is 9.05. The molecular formula is C14H6O5.